The first-order valence-electron chi connectivity index (χ1n) is 11.4. The lowest BCUT2D eigenvalue weighted by Crippen LogP contribution is -2.17. The summed E-state index contributed by atoms with van der Waals surface area (Å²) in [5.74, 6) is 0.664. The summed E-state index contributed by atoms with van der Waals surface area (Å²) in [6.07, 6.45) is 11.0. The standard InChI is InChI=1S/C26H31N3O2/c1-2-3-4-7-16-31-21-13-10-19(11-14-21)18-27-29-26(30)20-12-15-25-23(17-20)22-8-5-6-9-24(22)28-25/h10-15,17-18,28H,2-9,16H2,1H3,(H,29,30)/b27-18+. The number of hydrogen-bond acceptors (Lipinski definition) is 3. The molecule has 2 aromatic carbocycles. The maximum atomic E-state index is 12.6. The number of fused-ring (bicyclic) bond motifs is 3. The summed E-state index contributed by atoms with van der Waals surface area (Å²) < 4.78 is 5.76. The number of carbonyl (C=O) groups excluding carboxylic acids is 1. The molecule has 3 aromatic rings. The highest BCUT2D eigenvalue weighted by Gasteiger charge is 2.16. The van der Waals surface area contributed by atoms with Crippen molar-refractivity contribution in [3.63, 3.8) is 0 Å². The van der Waals surface area contributed by atoms with Crippen molar-refractivity contribution in [2.24, 2.45) is 5.10 Å². The zero-order valence-corrected chi connectivity index (χ0v) is 18.2. The quantitative estimate of drug-likeness (QED) is 0.264. The summed E-state index contributed by atoms with van der Waals surface area (Å²) in [5.41, 5.74) is 7.98. The summed E-state index contributed by atoms with van der Waals surface area (Å²) in [7, 11) is 0. The number of rotatable bonds is 9. The fourth-order valence-electron chi connectivity index (χ4n) is 4.15. The van der Waals surface area contributed by atoms with Crippen LogP contribution in [0.1, 0.15) is 72.6 Å². The molecule has 0 bridgehead atoms. The van der Waals surface area contributed by atoms with E-state index < -0.39 is 0 Å². The third-order valence-electron chi connectivity index (χ3n) is 5.89. The van der Waals surface area contributed by atoms with E-state index >= 15 is 0 Å². The Morgan fingerprint density at radius 2 is 1.94 bits per heavy atom. The molecule has 1 heterocycles. The normalized spacial score (nSPS) is 13.5. The highest BCUT2D eigenvalue weighted by molar-refractivity contribution is 5.99. The summed E-state index contributed by atoms with van der Waals surface area (Å²) in [6, 6.07) is 13.6. The zero-order valence-electron chi connectivity index (χ0n) is 18.2. The number of amides is 1. The number of nitrogens with zero attached hydrogens (tertiary/aromatic N) is 1. The number of nitrogens with one attached hydrogen (secondary N) is 2. The maximum absolute atomic E-state index is 12.6. The minimum Gasteiger partial charge on any atom is -0.494 e. The molecule has 0 spiro atoms. The first-order valence-corrected chi connectivity index (χ1v) is 11.4. The molecule has 31 heavy (non-hydrogen) atoms. The van der Waals surface area contributed by atoms with Crippen molar-refractivity contribution in [1.29, 1.82) is 0 Å². The van der Waals surface area contributed by atoms with Crippen molar-refractivity contribution in [3.05, 3.63) is 64.8 Å². The van der Waals surface area contributed by atoms with Crippen LogP contribution in [0.4, 0.5) is 0 Å². The number of H-pyrrole nitrogens is 1. The van der Waals surface area contributed by atoms with E-state index in [9.17, 15) is 4.79 Å². The summed E-state index contributed by atoms with van der Waals surface area (Å²) in [5, 5.41) is 5.29. The van der Waals surface area contributed by atoms with Gasteiger partial charge >= 0.3 is 0 Å². The molecule has 0 radical (unpaired) electrons. The van der Waals surface area contributed by atoms with Crippen molar-refractivity contribution >= 4 is 23.0 Å². The van der Waals surface area contributed by atoms with Crippen LogP contribution in [0.25, 0.3) is 10.9 Å². The Kier molecular flexibility index (Phi) is 7.03. The van der Waals surface area contributed by atoms with Gasteiger partial charge in [-0.25, -0.2) is 5.43 Å². The Balaban J connectivity index is 1.32. The molecule has 5 heteroatoms. The van der Waals surface area contributed by atoms with Crippen molar-refractivity contribution in [2.45, 2.75) is 58.3 Å². The van der Waals surface area contributed by atoms with Gasteiger partial charge < -0.3 is 9.72 Å². The van der Waals surface area contributed by atoms with Crippen LogP contribution in [0.3, 0.4) is 0 Å². The smallest absolute Gasteiger partial charge is 0.271 e. The molecule has 0 unspecified atom stereocenters. The molecule has 0 atom stereocenters. The van der Waals surface area contributed by atoms with Gasteiger partial charge in [-0.05, 0) is 85.7 Å². The molecule has 4 rings (SSSR count). The molecule has 1 amide bonds. The topological polar surface area (TPSA) is 66.5 Å². The van der Waals surface area contributed by atoms with E-state index in [-0.39, 0.29) is 5.91 Å². The molecular formula is C26H31N3O2. The van der Waals surface area contributed by atoms with Crippen molar-refractivity contribution in [1.82, 2.24) is 10.4 Å². The second-order valence-electron chi connectivity index (χ2n) is 8.23. The number of aryl methyl sites for hydroxylation is 2. The SMILES string of the molecule is CCCCCCOc1ccc(/C=N/NC(=O)c2ccc3[nH]c4c(c3c2)CCCC4)cc1. The Labute approximate surface area is 183 Å². The highest BCUT2D eigenvalue weighted by Crippen LogP contribution is 2.29. The second-order valence-corrected chi connectivity index (χ2v) is 8.23. The average Bonchev–Trinajstić information content (AvgIpc) is 3.18. The van der Waals surface area contributed by atoms with Crippen LogP contribution >= 0.6 is 0 Å². The van der Waals surface area contributed by atoms with Gasteiger partial charge in [0.25, 0.3) is 5.91 Å². The number of aromatic nitrogens is 1. The lowest BCUT2D eigenvalue weighted by molar-refractivity contribution is 0.0955. The van der Waals surface area contributed by atoms with E-state index in [0.717, 1.165) is 48.1 Å². The van der Waals surface area contributed by atoms with Crippen LogP contribution < -0.4 is 10.2 Å². The van der Waals surface area contributed by atoms with Gasteiger partial charge in [-0.1, -0.05) is 26.2 Å². The van der Waals surface area contributed by atoms with Crippen molar-refractivity contribution in [2.75, 3.05) is 6.61 Å². The first kappa shape index (κ1) is 21.2. The highest BCUT2D eigenvalue weighted by atomic mass is 16.5. The van der Waals surface area contributed by atoms with Crippen LogP contribution in [0, 0.1) is 0 Å². The van der Waals surface area contributed by atoms with E-state index in [1.807, 2.05) is 42.5 Å². The van der Waals surface area contributed by atoms with Gasteiger partial charge in [-0.15, -0.1) is 0 Å². The first-order chi connectivity index (χ1) is 15.2. The second kappa shape index (κ2) is 10.3. The van der Waals surface area contributed by atoms with Crippen LogP contribution in [0.5, 0.6) is 5.75 Å². The van der Waals surface area contributed by atoms with Gasteiger partial charge in [0.15, 0.2) is 0 Å². The number of benzene rings is 2. The molecule has 1 aliphatic carbocycles. The third kappa shape index (κ3) is 5.35. The minimum absolute atomic E-state index is 0.198. The molecule has 0 aliphatic heterocycles. The molecule has 0 saturated carbocycles. The Hall–Kier alpha value is -3.08. The molecule has 1 aromatic heterocycles. The Morgan fingerprint density at radius 1 is 1.10 bits per heavy atom. The van der Waals surface area contributed by atoms with E-state index in [1.165, 1.54) is 43.4 Å². The molecule has 1 aliphatic rings. The van der Waals surface area contributed by atoms with Gasteiger partial charge in [-0.3, -0.25) is 4.79 Å². The molecule has 162 valence electrons. The van der Waals surface area contributed by atoms with Gasteiger partial charge in [0.1, 0.15) is 5.75 Å². The lowest BCUT2D eigenvalue weighted by atomic mass is 9.95. The molecule has 0 fully saturated rings. The predicted octanol–water partition coefficient (Wildman–Crippen LogP) is 5.77. The van der Waals surface area contributed by atoms with Crippen LogP contribution in [0.15, 0.2) is 47.6 Å². The zero-order chi connectivity index (χ0) is 21.5. The Morgan fingerprint density at radius 3 is 2.77 bits per heavy atom. The number of unbranched alkanes of at least 4 members (excludes halogenated alkanes) is 3. The number of hydrazone groups is 1. The molecular weight excluding hydrogens is 386 g/mol. The fraction of sp³-hybridized carbons (Fsp3) is 0.385. The monoisotopic (exact) mass is 417 g/mol. The number of hydrogen-bond donors (Lipinski definition) is 2. The van der Waals surface area contributed by atoms with Crippen LogP contribution in [-0.2, 0) is 12.8 Å². The molecule has 0 saturated heterocycles. The summed E-state index contributed by atoms with van der Waals surface area (Å²) >= 11 is 0. The predicted molar refractivity (Wildman–Crippen MR) is 126 cm³/mol. The third-order valence-corrected chi connectivity index (χ3v) is 5.89. The van der Waals surface area contributed by atoms with E-state index in [0.29, 0.717) is 5.56 Å². The van der Waals surface area contributed by atoms with E-state index in [4.69, 9.17) is 4.74 Å². The maximum Gasteiger partial charge on any atom is 0.271 e. The average molecular weight is 418 g/mol. The Bertz CT molecular complexity index is 1050. The number of aromatic amines is 1. The molecule has 5 nitrogen and oxygen atoms in total. The number of ether oxygens (including phenoxy) is 1. The van der Waals surface area contributed by atoms with E-state index in [2.05, 4.69) is 22.4 Å². The lowest BCUT2D eigenvalue weighted by Gasteiger charge is -2.10. The van der Waals surface area contributed by atoms with Gasteiger partial charge in [0, 0.05) is 22.2 Å². The number of carbonyl (C=O) groups is 1. The molecule has 2 N–H and O–H groups in total. The summed E-state index contributed by atoms with van der Waals surface area (Å²) in [4.78, 5) is 16.1. The van der Waals surface area contributed by atoms with Crippen molar-refractivity contribution in [3.8, 4) is 5.75 Å². The van der Waals surface area contributed by atoms with Crippen molar-refractivity contribution < 1.29 is 9.53 Å². The van der Waals surface area contributed by atoms with Gasteiger partial charge in [0.05, 0.1) is 12.8 Å². The van der Waals surface area contributed by atoms with Crippen LogP contribution in [0.2, 0.25) is 0 Å². The van der Waals surface area contributed by atoms with Gasteiger partial charge in [0.2, 0.25) is 0 Å². The van der Waals surface area contributed by atoms with E-state index in [1.54, 1.807) is 6.21 Å². The fourth-order valence-corrected chi connectivity index (χ4v) is 4.15. The largest absolute Gasteiger partial charge is 0.494 e. The minimum atomic E-state index is -0.198. The van der Waals surface area contributed by atoms with Crippen LogP contribution in [-0.4, -0.2) is 23.7 Å². The summed E-state index contributed by atoms with van der Waals surface area (Å²) in [6.45, 7) is 2.95. The van der Waals surface area contributed by atoms with Gasteiger partial charge in [-0.2, -0.15) is 5.10 Å².